The molecule has 68 valence electrons. The third-order valence-electron chi connectivity index (χ3n) is 1.06. The molecule has 0 spiro atoms. The van der Waals surface area contributed by atoms with Crippen molar-refractivity contribution in [1.29, 1.82) is 0 Å². The summed E-state index contributed by atoms with van der Waals surface area (Å²) in [6, 6.07) is 0. The molecule has 0 aliphatic heterocycles. The lowest BCUT2D eigenvalue weighted by atomic mass is 10.2. The Bertz CT molecular complexity index is 119. The fourth-order valence-electron chi connectivity index (χ4n) is 0.443. The summed E-state index contributed by atoms with van der Waals surface area (Å²) >= 11 is 3.53. The van der Waals surface area contributed by atoms with Crippen LogP contribution in [0.1, 0.15) is 12.8 Å². The first-order chi connectivity index (χ1) is 4.81. The molecule has 0 aliphatic carbocycles. The fraction of sp³-hybridized carbons (Fsp3) is 1.00. The summed E-state index contributed by atoms with van der Waals surface area (Å²) in [5.41, 5.74) is 0. The van der Waals surface area contributed by atoms with E-state index in [1.807, 2.05) is 0 Å². The molecule has 0 aliphatic rings. The molecule has 0 aromatic carbocycles. The monoisotopic (exact) mass is 194 g/mol. The van der Waals surface area contributed by atoms with Gasteiger partial charge in [-0.25, -0.2) is 0 Å². The van der Waals surface area contributed by atoms with Gasteiger partial charge in [-0.15, -0.1) is 0 Å². The molecule has 0 heterocycles. The minimum Gasteiger partial charge on any atom is -0.196 e. The number of thiol groups is 1. The molecule has 0 N–H and O–H groups in total. The maximum Gasteiger partial charge on any atom is 0.453 e. The first kappa shape index (κ1) is 11.0. The number of alkyl halides is 5. The van der Waals surface area contributed by atoms with Crippen molar-refractivity contribution < 1.29 is 22.0 Å². The Morgan fingerprint density at radius 3 is 1.73 bits per heavy atom. The zero-order valence-electron chi connectivity index (χ0n) is 5.46. The minimum absolute atomic E-state index is 0.0334. The molecule has 0 bridgehead atoms. The van der Waals surface area contributed by atoms with Crippen LogP contribution in [0.4, 0.5) is 22.0 Å². The molecule has 0 nitrogen and oxygen atoms in total. The van der Waals surface area contributed by atoms with Crippen molar-refractivity contribution >= 4 is 12.6 Å². The van der Waals surface area contributed by atoms with Gasteiger partial charge < -0.3 is 0 Å². The second-order valence-corrected chi connectivity index (χ2v) is 2.48. The van der Waals surface area contributed by atoms with Gasteiger partial charge in [0.15, 0.2) is 0 Å². The second-order valence-electron chi connectivity index (χ2n) is 2.03. The third kappa shape index (κ3) is 3.27. The Balaban J connectivity index is 4.00. The quantitative estimate of drug-likeness (QED) is 0.518. The average Bonchev–Trinajstić information content (AvgIpc) is 1.81. The largest absolute Gasteiger partial charge is 0.453 e. The van der Waals surface area contributed by atoms with E-state index >= 15 is 0 Å². The third-order valence-corrected chi connectivity index (χ3v) is 1.38. The average molecular weight is 194 g/mol. The van der Waals surface area contributed by atoms with Crippen LogP contribution in [0.25, 0.3) is 0 Å². The van der Waals surface area contributed by atoms with Crippen LogP contribution in [0.3, 0.4) is 0 Å². The summed E-state index contributed by atoms with van der Waals surface area (Å²) in [7, 11) is 0. The van der Waals surface area contributed by atoms with Gasteiger partial charge in [-0.1, -0.05) is 0 Å². The summed E-state index contributed by atoms with van der Waals surface area (Å²) in [6.07, 6.45) is -6.84. The predicted octanol–water partition coefficient (Wildman–Crippen LogP) is 2.89. The highest BCUT2D eigenvalue weighted by Gasteiger charge is 2.56. The van der Waals surface area contributed by atoms with Crippen LogP contribution in [-0.2, 0) is 0 Å². The molecule has 0 saturated carbocycles. The maximum atomic E-state index is 12.0. The normalized spacial score (nSPS) is 13.6. The first-order valence-corrected chi connectivity index (χ1v) is 3.50. The van der Waals surface area contributed by atoms with Crippen LogP contribution in [0, 0.1) is 0 Å². The molecule has 0 fully saturated rings. The molecule has 0 saturated heterocycles. The van der Waals surface area contributed by atoms with Crippen molar-refractivity contribution in [1.82, 2.24) is 0 Å². The second kappa shape index (κ2) is 3.60. The predicted molar refractivity (Wildman–Crippen MR) is 34.1 cm³/mol. The lowest BCUT2D eigenvalue weighted by molar-refractivity contribution is -0.284. The summed E-state index contributed by atoms with van der Waals surface area (Å²) in [4.78, 5) is 0. The molecule has 11 heavy (non-hydrogen) atoms. The lowest BCUT2D eigenvalue weighted by Gasteiger charge is -2.18. The Kier molecular flexibility index (Phi) is 3.60. The molecular weight excluding hydrogens is 187 g/mol. The van der Waals surface area contributed by atoms with Gasteiger partial charge in [-0.05, 0) is 12.2 Å². The van der Waals surface area contributed by atoms with Crippen LogP contribution in [0.5, 0.6) is 0 Å². The van der Waals surface area contributed by atoms with E-state index in [0.717, 1.165) is 0 Å². The van der Waals surface area contributed by atoms with E-state index in [-0.39, 0.29) is 12.2 Å². The standard InChI is InChI=1S/C5H7F5S/c6-4(7,2-1-3-11)5(8,9)10/h11H,1-3H2. The van der Waals surface area contributed by atoms with Crippen molar-refractivity contribution in [2.24, 2.45) is 0 Å². The summed E-state index contributed by atoms with van der Waals surface area (Å²) < 4.78 is 58.1. The van der Waals surface area contributed by atoms with Crippen molar-refractivity contribution in [2.45, 2.75) is 24.9 Å². The van der Waals surface area contributed by atoms with Gasteiger partial charge in [-0.3, -0.25) is 0 Å². The Morgan fingerprint density at radius 1 is 1.00 bits per heavy atom. The van der Waals surface area contributed by atoms with Crippen LogP contribution < -0.4 is 0 Å². The molecule has 0 atom stereocenters. The highest BCUT2D eigenvalue weighted by atomic mass is 32.1. The highest BCUT2D eigenvalue weighted by molar-refractivity contribution is 7.80. The van der Waals surface area contributed by atoms with E-state index in [9.17, 15) is 22.0 Å². The van der Waals surface area contributed by atoms with Gasteiger partial charge in [-0.2, -0.15) is 34.6 Å². The molecule has 0 aromatic rings. The zero-order valence-corrected chi connectivity index (χ0v) is 6.35. The van der Waals surface area contributed by atoms with E-state index in [0.29, 0.717) is 0 Å². The number of rotatable bonds is 3. The summed E-state index contributed by atoms with van der Waals surface area (Å²) in [6.45, 7) is 0. The van der Waals surface area contributed by atoms with Crippen LogP contribution >= 0.6 is 12.6 Å². The minimum atomic E-state index is -5.42. The zero-order chi connectivity index (χ0) is 9.12. The topological polar surface area (TPSA) is 0 Å². The Hall–Kier alpha value is -0.0000000000000000555. The molecule has 6 heteroatoms. The van der Waals surface area contributed by atoms with E-state index in [2.05, 4.69) is 12.6 Å². The number of hydrogen-bond donors (Lipinski definition) is 1. The van der Waals surface area contributed by atoms with Crippen LogP contribution in [-0.4, -0.2) is 17.9 Å². The molecule has 0 amide bonds. The van der Waals surface area contributed by atoms with E-state index in [4.69, 9.17) is 0 Å². The molecule has 0 unspecified atom stereocenters. The van der Waals surface area contributed by atoms with Gasteiger partial charge in [0.1, 0.15) is 0 Å². The van der Waals surface area contributed by atoms with Gasteiger partial charge in [0.05, 0.1) is 0 Å². The molecular formula is C5H7F5S. The van der Waals surface area contributed by atoms with E-state index < -0.39 is 18.5 Å². The van der Waals surface area contributed by atoms with Gasteiger partial charge in [0.25, 0.3) is 0 Å². The Morgan fingerprint density at radius 2 is 1.45 bits per heavy atom. The number of hydrogen-bond acceptors (Lipinski definition) is 1. The van der Waals surface area contributed by atoms with E-state index in [1.165, 1.54) is 0 Å². The molecule has 0 radical (unpaired) electrons. The SMILES string of the molecule is FC(F)(F)C(F)(F)CCCS. The summed E-state index contributed by atoms with van der Waals surface area (Å²) in [5, 5.41) is 0. The van der Waals surface area contributed by atoms with Gasteiger partial charge in [0.2, 0.25) is 0 Å². The first-order valence-electron chi connectivity index (χ1n) is 2.86. The molecule has 0 aromatic heterocycles. The summed E-state index contributed by atoms with van der Waals surface area (Å²) in [5.74, 6) is -4.53. The van der Waals surface area contributed by atoms with Crippen molar-refractivity contribution in [2.75, 3.05) is 5.75 Å². The smallest absolute Gasteiger partial charge is 0.196 e. The van der Waals surface area contributed by atoms with Crippen LogP contribution in [0.2, 0.25) is 0 Å². The maximum absolute atomic E-state index is 12.0. The van der Waals surface area contributed by atoms with Gasteiger partial charge in [0, 0.05) is 6.42 Å². The lowest BCUT2D eigenvalue weighted by Crippen LogP contribution is -2.36. The van der Waals surface area contributed by atoms with Crippen molar-refractivity contribution in [3.05, 3.63) is 0 Å². The van der Waals surface area contributed by atoms with Crippen LogP contribution in [0.15, 0.2) is 0 Å². The van der Waals surface area contributed by atoms with Gasteiger partial charge >= 0.3 is 12.1 Å². The van der Waals surface area contributed by atoms with Crippen molar-refractivity contribution in [3.8, 4) is 0 Å². The fourth-order valence-corrected chi connectivity index (χ4v) is 0.601. The van der Waals surface area contributed by atoms with E-state index in [1.54, 1.807) is 0 Å². The molecule has 0 rings (SSSR count). The Labute approximate surface area is 66.2 Å². The highest BCUT2D eigenvalue weighted by Crippen LogP contribution is 2.38. The number of halogens is 5. The van der Waals surface area contributed by atoms with Crippen molar-refractivity contribution in [3.63, 3.8) is 0 Å².